The summed E-state index contributed by atoms with van der Waals surface area (Å²) < 4.78 is 7.40. The van der Waals surface area contributed by atoms with Crippen LogP contribution >= 0.6 is 0 Å². The highest BCUT2D eigenvalue weighted by Crippen LogP contribution is 2.27. The summed E-state index contributed by atoms with van der Waals surface area (Å²) in [5.41, 5.74) is 3.88. The van der Waals surface area contributed by atoms with Crippen molar-refractivity contribution in [2.24, 2.45) is 12.0 Å². The third-order valence-corrected chi connectivity index (χ3v) is 5.76. The molecule has 7 nitrogen and oxygen atoms in total. The predicted octanol–water partition coefficient (Wildman–Crippen LogP) is 2.21. The highest BCUT2D eigenvalue weighted by molar-refractivity contribution is 5.80. The summed E-state index contributed by atoms with van der Waals surface area (Å²) in [6.45, 7) is 9.18. The molecule has 1 aromatic heterocycles. The summed E-state index contributed by atoms with van der Waals surface area (Å²) in [4.78, 5) is 9.81. The molecule has 2 fully saturated rings. The van der Waals surface area contributed by atoms with Gasteiger partial charge in [-0.15, -0.1) is 0 Å². The smallest absolute Gasteiger partial charge is 0.194 e. The first-order valence-corrected chi connectivity index (χ1v) is 10.7. The Morgan fingerprint density at radius 2 is 2.07 bits per heavy atom. The number of hydrogen-bond acceptors (Lipinski definition) is 4. The van der Waals surface area contributed by atoms with Crippen LogP contribution in [-0.4, -0.2) is 66.6 Å². The van der Waals surface area contributed by atoms with Gasteiger partial charge < -0.3 is 19.9 Å². The van der Waals surface area contributed by atoms with Crippen LogP contribution in [0, 0.1) is 0 Å². The molecule has 0 saturated carbocycles. The van der Waals surface area contributed by atoms with Gasteiger partial charge in [-0.3, -0.25) is 4.68 Å². The number of likely N-dealkylation sites (tertiary alicyclic amines) is 1. The maximum Gasteiger partial charge on any atom is 0.194 e. The molecule has 1 N–H and O–H groups in total. The first-order valence-electron chi connectivity index (χ1n) is 10.7. The maximum atomic E-state index is 5.51. The normalized spacial score (nSPS) is 20.3. The first kappa shape index (κ1) is 19.8. The zero-order valence-electron chi connectivity index (χ0n) is 17.5. The number of nitrogens with zero attached hydrogens (tertiary/aromatic N) is 5. The molecule has 2 saturated heterocycles. The van der Waals surface area contributed by atoms with Crippen molar-refractivity contribution in [2.75, 3.05) is 50.8 Å². The average molecular weight is 397 g/mol. The fraction of sp³-hybridized carbons (Fsp3) is 0.545. The Labute approximate surface area is 173 Å². The van der Waals surface area contributed by atoms with Crippen LogP contribution in [0.15, 0.2) is 41.7 Å². The Morgan fingerprint density at radius 1 is 1.24 bits per heavy atom. The third kappa shape index (κ3) is 4.72. The molecule has 0 radical (unpaired) electrons. The number of aliphatic imine (C=N–C) groups is 1. The van der Waals surface area contributed by atoms with E-state index in [1.165, 1.54) is 16.8 Å². The van der Waals surface area contributed by atoms with E-state index < -0.39 is 0 Å². The van der Waals surface area contributed by atoms with Gasteiger partial charge in [0.25, 0.3) is 0 Å². The number of aryl methyl sites for hydroxylation is 1. The van der Waals surface area contributed by atoms with Crippen molar-refractivity contribution in [1.29, 1.82) is 0 Å². The van der Waals surface area contributed by atoms with Gasteiger partial charge in [-0.2, -0.15) is 5.10 Å². The molecule has 2 aliphatic rings. The summed E-state index contributed by atoms with van der Waals surface area (Å²) in [6.07, 6.45) is 5.27. The van der Waals surface area contributed by atoms with Crippen LogP contribution in [0.2, 0.25) is 0 Å². The topological polar surface area (TPSA) is 57.9 Å². The van der Waals surface area contributed by atoms with E-state index >= 15 is 0 Å². The fourth-order valence-electron chi connectivity index (χ4n) is 4.22. The molecule has 0 bridgehead atoms. The largest absolute Gasteiger partial charge is 0.378 e. The van der Waals surface area contributed by atoms with Crippen LogP contribution < -0.4 is 10.2 Å². The van der Waals surface area contributed by atoms with Gasteiger partial charge in [-0.25, -0.2) is 4.99 Å². The van der Waals surface area contributed by atoms with E-state index in [0.29, 0.717) is 12.5 Å². The lowest BCUT2D eigenvalue weighted by Crippen LogP contribution is -2.40. The Morgan fingerprint density at radius 3 is 2.83 bits per heavy atom. The van der Waals surface area contributed by atoms with Crippen LogP contribution in [0.5, 0.6) is 0 Å². The van der Waals surface area contributed by atoms with E-state index in [-0.39, 0.29) is 0 Å². The standard InChI is InChI=1S/C22H32N6O/c1-3-23-22(28-9-8-19(17-28)20-15-25-26(2)16-20)24-14-18-6-4-5-7-21(18)27-10-12-29-13-11-27/h4-7,15-16,19H,3,8-14,17H2,1-2H3,(H,23,24). The lowest BCUT2D eigenvalue weighted by Gasteiger charge is -2.30. The number of rotatable bonds is 5. The number of benzene rings is 1. The molecule has 4 rings (SSSR count). The molecule has 0 spiro atoms. The zero-order chi connectivity index (χ0) is 20.1. The lowest BCUT2D eigenvalue weighted by molar-refractivity contribution is 0.122. The molecule has 1 unspecified atom stereocenters. The van der Waals surface area contributed by atoms with Gasteiger partial charge in [0.15, 0.2) is 5.96 Å². The van der Waals surface area contributed by atoms with Crippen molar-refractivity contribution in [2.45, 2.75) is 25.8 Å². The van der Waals surface area contributed by atoms with E-state index in [1.807, 2.05) is 17.9 Å². The number of morpholine rings is 1. The molecule has 2 aromatic rings. The number of ether oxygens (including phenoxy) is 1. The second-order valence-corrected chi connectivity index (χ2v) is 7.78. The minimum Gasteiger partial charge on any atom is -0.378 e. The number of para-hydroxylation sites is 1. The quantitative estimate of drug-likeness (QED) is 0.620. The summed E-state index contributed by atoms with van der Waals surface area (Å²) in [6, 6.07) is 8.62. The highest BCUT2D eigenvalue weighted by atomic mass is 16.5. The van der Waals surface area contributed by atoms with Gasteiger partial charge in [-0.05, 0) is 30.5 Å². The summed E-state index contributed by atoms with van der Waals surface area (Å²) in [7, 11) is 1.98. The number of guanidine groups is 1. The Balaban J connectivity index is 1.47. The van der Waals surface area contributed by atoms with Crippen molar-refractivity contribution in [3.05, 3.63) is 47.8 Å². The predicted molar refractivity (Wildman–Crippen MR) is 116 cm³/mol. The minimum atomic E-state index is 0.521. The lowest BCUT2D eigenvalue weighted by atomic mass is 10.0. The SMILES string of the molecule is CCNC(=NCc1ccccc1N1CCOCC1)N1CCC(c2cnn(C)c2)C1. The monoisotopic (exact) mass is 396 g/mol. The molecule has 0 amide bonds. The molecule has 29 heavy (non-hydrogen) atoms. The van der Waals surface area contributed by atoms with E-state index in [4.69, 9.17) is 9.73 Å². The zero-order valence-corrected chi connectivity index (χ0v) is 17.5. The molecule has 0 aliphatic carbocycles. The maximum absolute atomic E-state index is 5.51. The average Bonchev–Trinajstić information content (AvgIpc) is 3.41. The van der Waals surface area contributed by atoms with Crippen LogP contribution in [0.3, 0.4) is 0 Å². The van der Waals surface area contributed by atoms with Gasteiger partial charge in [0.1, 0.15) is 0 Å². The molecule has 7 heteroatoms. The Hall–Kier alpha value is -2.54. The number of hydrogen-bond donors (Lipinski definition) is 1. The van der Waals surface area contributed by atoms with Crippen LogP contribution in [0.4, 0.5) is 5.69 Å². The van der Waals surface area contributed by atoms with Crippen LogP contribution in [-0.2, 0) is 18.3 Å². The summed E-state index contributed by atoms with van der Waals surface area (Å²) >= 11 is 0. The van der Waals surface area contributed by atoms with Gasteiger partial charge in [0, 0.05) is 57.6 Å². The fourth-order valence-corrected chi connectivity index (χ4v) is 4.22. The highest BCUT2D eigenvalue weighted by Gasteiger charge is 2.27. The van der Waals surface area contributed by atoms with Crippen molar-refractivity contribution in [3.63, 3.8) is 0 Å². The van der Waals surface area contributed by atoms with Crippen molar-refractivity contribution < 1.29 is 4.74 Å². The molecule has 2 aliphatic heterocycles. The first-order chi connectivity index (χ1) is 14.2. The molecule has 1 atom stereocenters. The number of nitrogens with one attached hydrogen (secondary N) is 1. The van der Waals surface area contributed by atoms with Crippen molar-refractivity contribution in [1.82, 2.24) is 20.0 Å². The third-order valence-electron chi connectivity index (χ3n) is 5.76. The second kappa shape index (κ2) is 9.31. The van der Waals surface area contributed by atoms with Crippen molar-refractivity contribution in [3.8, 4) is 0 Å². The molecular formula is C22H32N6O. The molecule has 3 heterocycles. The van der Waals surface area contributed by atoms with E-state index in [1.54, 1.807) is 0 Å². The second-order valence-electron chi connectivity index (χ2n) is 7.78. The Bertz CT molecular complexity index is 826. The summed E-state index contributed by atoms with van der Waals surface area (Å²) in [5.74, 6) is 1.53. The van der Waals surface area contributed by atoms with Gasteiger partial charge in [0.05, 0.1) is 26.0 Å². The van der Waals surface area contributed by atoms with Gasteiger partial charge >= 0.3 is 0 Å². The van der Waals surface area contributed by atoms with Gasteiger partial charge in [0.2, 0.25) is 0 Å². The van der Waals surface area contributed by atoms with E-state index in [9.17, 15) is 0 Å². The van der Waals surface area contributed by atoms with E-state index in [2.05, 4.69) is 57.6 Å². The van der Waals surface area contributed by atoms with Crippen LogP contribution in [0.25, 0.3) is 0 Å². The Kier molecular flexibility index (Phi) is 6.34. The van der Waals surface area contributed by atoms with Crippen molar-refractivity contribution >= 4 is 11.6 Å². The molecule has 1 aromatic carbocycles. The number of anilines is 1. The molecule has 156 valence electrons. The number of aromatic nitrogens is 2. The van der Waals surface area contributed by atoms with Crippen LogP contribution in [0.1, 0.15) is 30.4 Å². The van der Waals surface area contributed by atoms with E-state index in [0.717, 1.165) is 58.3 Å². The molecular weight excluding hydrogens is 364 g/mol. The minimum absolute atomic E-state index is 0.521. The summed E-state index contributed by atoms with van der Waals surface area (Å²) in [5, 5.41) is 7.83. The van der Waals surface area contributed by atoms with Gasteiger partial charge in [-0.1, -0.05) is 18.2 Å².